The van der Waals surface area contributed by atoms with E-state index in [0.717, 1.165) is 45.2 Å². The van der Waals surface area contributed by atoms with Gasteiger partial charge < -0.3 is 5.32 Å². The van der Waals surface area contributed by atoms with Gasteiger partial charge in [0.15, 0.2) is 5.78 Å². The normalized spacial score (nSPS) is 20.3. The van der Waals surface area contributed by atoms with Crippen molar-refractivity contribution >= 4 is 23.3 Å². The molecule has 1 aliphatic heterocycles. The van der Waals surface area contributed by atoms with Crippen molar-refractivity contribution in [3.8, 4) is 6.07 Å². The van der Waals surface area contributed by atoms with Crippen molar-refractivity contribution in [1.29, 1.82) is 5.26 Å². The number of Topliss-reactive ketones (excluding diaryl/α,β-unsaturated/α-hetero) is 1. The molecule has 1 N–H and O–H groups in total. The van der Waals surface area contributed by atoms with E-state index in [0.29, 0.717) is 17.1 Å². The summed E-state index contributed by atoms with van der Waals surface area (Å²) in [5.41, 5.74) is 0.0569. The summed E-state index contributed by atoms with van der Waals surface area (Å²) in [5.74, 6) is 0.0555. The molecule has 3 rings (SSSR count). The van der Waals surface area contributed by atoms with Crippen LogP contribution < -0.4 is 5.32 Å². The lowest BCUT2D eigenvalue weighted by molar-refractivity contribution is -0.124. The van der Waals surface area contributed by atoms with Crippen LogP contribution in [0.15, 0.2) is 24.3 Å². The number of nitrogens with one attached hydrogen (secondary N) is 1. The fourth-order valence-electron chi connectivity index (χ4n) is 3.51. The molecule has 1 amide bonds. The number of carbonyl (C=O) groups excluding carboxylic acids is 2. The molecule has 0 atom stereocenters. The predicted octanol–water partition coefficient (Wildman–Crippen LogP) is 2.80. The van der Waals surface area contributed by atoms with Gasteiger partial charge >= 0.3 is 0 Å². The molecule has 6 heteroatoms. The molecule has 2 fully saturated rings. The largest absolute Gasteiger partial charge is 0.337 e. The van der Waals surface area contributed by atoms with E-state index in [9.17, 15) is 14.9 Å². The van der Waals surface area contributed by atoms with E-state index < -0.39 is 5.54 Å². The first-order chi connectivity index (χ1) is 12.0. The average molecular weight is 360 g/mol. The van der Waals surface area contributed by atoms with Crippen LogP contribution in [0.2, 0.25) is 5.02 Å². The Kier molecular flexibility index (Phi) is 5.41. The third-order valence-corrected chi connectivity index (χ3v) is 5.51. The van der Waals surface area contributed by atoms with Crippen LogP contribution in [0.5, 0.6) is 0 Å². The van der Waals surface area contributed by atoms with Gasteiger partial charge in [0.25, 0.3) is 0 Å². The fraction of sp³-hybridized carbons (Fsp3) is 0.526. The highest BCUT2D eigenvalue weighted by Gasteiger charge is 2.39. The fourth-order valence-corrected chi connectivity index (χ4v) is 3.63. The smallest absolute Gasteiger partial charge is 0.235 e. The van der Waals surface area contributed by atoms with E-state index in [1.807, 2.05) is 0 Å². The number of halogens is 1. The number of rotatable bonds is 5. The third kappa shape index (κ3) is 4.20. The molecule has 0 aromatic heterocycles. The van der Waals surface area contributed by atoms with Crippen molar-refractivity contribution in [2.24, 2.45) is 5.92 Å². The predicted molar refractivity (Wildman–Crippen MR) is 95.3 cm³/mol. The number of benzene rings is 1. The topological polar surface area (TPSA) is 73.2 Å². The van der Waals surface area contributed by atoms with Gasteiger partial charge in [0.05, 0.1) is 12.6 Å². The number of carbonyl (C=O) groups is 2. The first-order valence-corrected chi connectivity index (χ1v) is 9.13. The quantitative estimate of drug-likeness (QED) is 0.820. The molecule has 0 spiro atoms. The maximum atomic E-state index is 12.5. The summed E-state index contributed by atoms with van der Waals surface area (Å²) >= 11 is 5.86. The van der Waals surface area contributed by atoms with Crippen LogP contribution in [0.1, 0.15) is 42.5 Å². The Morgan fingerprint density at radius 3 is 2.40 bits per heavy atom. The van der Waals surface area contributed by atoms with Crippen molar-refractivity contribution in [3.05, 3.63) is 34.9 Å². The van der Waals surface area contributed by atoms with Gasteiger partial charge in [-0.05, 0) is 69.5 Å². The molecule has 132 valence electrons. The van der Waals surface area contributed by atoms with E-state index >= 15 is 0 Å². The molecule has 1 aromatic rings. The highest BCUT2D eigenvalue weighted by atomic mass is 35.5. The minimum atomic E-state index is -0.639. The van der Waals surface area contributed by atoms with Gasteiger partial charge in [-0.3, -0.25) is 14.5 Å². The van der Waals surface area contributed by atoms with Crippen LogP contribution in [0.3, 0.4) is 0 Å². The Bertz CT molecular complexity index is 684. The molecule has 0 unspecified atom stereocenters. The number of hydrogen-bond acceptors (Lipinski definition) is 4. The van der Waals surface area contributed by atoms with Crippen LogP contribution in [-0.2, 0) is 4.79 Å². The summed E-state index contributed by atoms with van der Waals surface area (Å²) < 4.78 is 0. The van der Waals surface area contributed by atoms with E-state index in [4.69, 9.17) is 11.6 Å². The van der Waals surface area contributed by atoms with Gasteiger partial charge in [0.2, 0.25) is 5.91 Å². The number of nitrogens with zero attached hydrogens (tertiary/aromatic N) is 2. The molecule has 0 radical (unpaired) electrons. The SMILES string of the molecule is N#CC1(NC(=O)CN2CCC(C(=O)c3ccc(Cl)cc3)CC2)CCC1. The summed E-state index contributed by atoms with van der Waals surface area (Å²) in [5, 5.41) is 12.7. The zero-order valence-electron chi connectivity index (χ0n) is 14.1. The van der Waals surface area contributed by atoms with Crippen molar-refractivity contribution in [1.82, 2.24) is 10.2 Å². The van der Waals surface area contributed by atoms with Crippen molar-refractivity contribution in [2.45, 2.75) is 37.6 Å². The summed E-state index contributed by atoms with van der Waals surface area (Å²) in [6.45, 7) is 1.74. The Balaban J connectivity index is 1.47. The van der Waals surface area contributed by atoms with Crippen LogP contribution >= 0.6 is 11.6 Å². The first-order valence-electron chi connectivity index (χ1n) is 8.76. The molecule has 1 saturated carbocycles. The van der Waals surface area contributed by atoms with E-state index in [1.165, 1.54) is 0 Å². The Hall–Kier alpha value is -1.90. The minimum absolute atomic E-state index is 0.00225. The molecule has 1 heterocycles. The van der Waals surface area contributed by atoms with Crippen LogP contribution in [0.25, 0.3) is 0 Å². The lowest BCUT2D eigenvalue weighted by Gasteiger charge is -2.37. The van der Waals surface area contributed by atoms with Crippen molar-refractivity contribution in [2.75, 3.05) is 19.6 Å². The highest BCUT2D eigenvalue weighted by Crippen LogP contribution is 2.31. The number of ketones is 1. The monoisotopic (exact) mass is 359 g/mol. The van der Waals surface area contributed by atoms with Gasteiger partial charge in [-0.25, -0.2) is 0 Å². The Labute approximate surface area is 152 Å². The summed E-state index contributed by atoms with van der Waals surface area (Å²) in [4.78, 5) is 26.8. The molecule has 1 aliphatic carbocycles. The number of amides is 1. The lowest BCUT2D eigenvalue weighted by atomic mass is 9.78. The van der Waals surface area contributed by atoms with E-state index in [2.05, 4.69) is 16.3 Å². The maximum Gasteiger partial charge on any atom is 0.235 e. The van der Waals surface area contributed by atoms with Gasteiger partial charge in [0, 0.05) is 16.5 Å². The highest BCUT2D eigenvalue weighted by molar-refractivity contribution is 6.30. The lowest BCUT2D eigenvalue weighted by Crippen LogP contribution is -2.55. The van der Waals surface area contributed by atoms with Gasteiger partial charge in [0.1, 0.15) is 5.54 Å². The second kappa shape index (κ2) is 7.55. The molecule has 2 aliphatic rings. The summed E-state index contributed by atoms with van der Waals surface area (Å²) in [6, 6.07) is 9.23. The van der Waals surface area contributed by atoms with Gasteiger partial charge in [-0.2, -0.15) is 5.26 Å². The Morgan fingerprint density at radius 2 is 1.88 bits per heavy atom. The molecule has 5 nitrogen and oxygen atoms in total. The second-order valence-corrected chi connectivity index (χ2v) is 7.45. The second-order valence-electron chi connectivity index (χ2n) is 7.02. The number of nitriles is 1. The molecule has 25 heavy (non-hydrogen) atoms. The van der Waals surface area contributed by atoms with Crippen molar-refractivity contribution < 1.29 is 9.59 Å². The minimum Gasteiger partial charge on any atom is -0.337 e. The summed E-state index contributed by atoms with van der Waals surface area (Å²) in [6.07, 6.45) is 3.97. The van der Waals surface area contributed by atoms with Gasteiger partial charge in [-0.15, -0.1) is 0 Å². The Morgan fingerprint density at radius 1 is 1.24 bits per heavy atom. The standard InChI is InChI=1S/C19H22ClN3O2/c20-16-4-2-14(3-5-16)18(25)15-6-10-23(11-7-15)12-17(24)22-19(13-21)8-1-9-19/h2-5,15H,1,6-12H2,(H,22,24). The molecular weight excluding hydrogens is 338 g/mol. The van der Waals surface area contributed by atoms with Gasteiger partial charge in [-0.1, -0.05) is 11.6 Å². The first kappa shape index (κ1) is 17.9. The van der Waals surface area contributed by atoms with Crippen molar-refractivity contribution in [3.63, 3.8) is 0 Å². The number of piperidine rings is 1. The van der Waals surface area contributed by atoms with Crippen LogP contribution in [0, 0.1) is 17.2 Å². The molecule has 1 aromatic carbocycles. The van der Waals surface area contributed by atoms with Crippen LogP contribution in [0.4, 0.5) is 0 Å². The zero-order chi connectivity index (χ0) is 17.9. The maximum absolute atomic E-state index is 12.5. The molecular formula is C19H22ClN3O2. The number of likely N-dealkylation sites (tertiary alicyclic amines) is 1. The number of hydrogen-bond donors (Lipinski definition) is 1. The molecule has 0 bridgehead atoms. The molecule has 1 saturated heterocycles. The average Bonchev–Trinajstić information content (AvgIpc) is 2.59. The third-order valence-electron chi connectivity index (χ3n) is 5.25. The van der Waals surface area contributed by atoms with E-state index in [1.54, 1.807) is 24.3 Å². The van der Waals surface area contributed by atoms with Crippen LogP contribution in [-0.4, -0.2) is 41.8 Å². The van der Waals surface area contributed by atoms with E-state index in [-0.39, 0.29) is 17.6 Å². The zero-order valence-corrected chi connectivity index (χ0v) is 14.9. The summed E-state index contributed by atoms with van der Waals surface area (Å²) in [7, 11) is 0.